The number of hydrogen-bond acceptors (Lipinski definition) is 2. The lowest BCUT2D eigenvalue weighted by molar-refractivity contribution is 0.414. The topological polar surface area (TPSA) is 21.3 Å². The molecule has 0 radical (unpaired) electrons. The average molecular weight is 369 g/mol. The normalized spacial score (nSPS) is 12.2. The van der Waals surface area contributed by atoms with Crippen molar-refractivity contribution in [2.45, 2.75) is 19.4 Å². The summed E-state index contributed by atoms with van der Waals surface area (Å²) in [4.78, 5) is 0. The van der Waals surface area contributed by atoms with Crippen LogP contribution in [0, 0.1) is 6.92 Å². The number of nitrogens with one attached hydrogen (secondary N) is 1. The van der Waals surface area contributed by atoms with Crippen molar-refractivity contribution in [2.24, 2.45) is 0 Å². The fourth-order valence-electron chi connectivity index (χ4n) is 2.33. The molecule has 2 aromatic carbocycles. The molecule has 0 aliphatic rings. The molecule has 21 heavy (non-hydrogen) atoms. The van der Waals surface area contributed by atoms with E-state index in [0.29, 0.717) is 0 Å². The molecule has 1 atom stereocenters. The minimum absolute atomic E-state index is 0.226. The van der Waals surface area contributed by atoms with Gasteiger partial charge in [0, 0.05) is 15.5 Å². The van der Waals surface area contributed by atoms with Crippen LogP contribution in [-0.4, -0.2) is 14.2 Å². The Labute approximate surface area is 139 Å². The molecule has 0 aliphatic carbocycles. The van der Waals surface area contributed by atoms with E-state index in [4.69, 9.17) is 16.3 Å². The molecular weight excluding hydrogens is 350 g/mol. The fourth-order valence-corrected chi connectivity index (χ4v) is 2.85. The van der Waals surface area contributed by atoms with Crippen LogP contribution >= 0.6 is 27.5 Å². The predicted molar refractivity (Wildman–Crippen MR) is 92.4 cm³/mol. The van der Waals surface area contributed by atoms with Crippen molar-refractivity contribution < 1.29 is 4.74 Å². The lowest BCUT2D eigenvalue weighted by atomic mass is 9.97. The summed E-state index contributed by atoms with van der Waals surface area (Å²) in [6.45, 7) is 2.03. The third-order valence-corrected chi connectivity index (χ3v) is 4.81. The Kier molecular flexibility index (Phi) is 5.68. The van der Waals surface area contributed by atoms with E-state index in [1.165, 1.54) is 11.1 Å². The first kappa shape index (κ1) is 16.3. The maximum Gasteiger partial charge on any atom is 0.119 e. The monoisotopic (exact) mass is 367 g/mol. The number of benzene rings is 2. The molecule has 0 heterocycles. The second kappa shape index (κ2) is 7.30. The third-order valence-electron chi connectivity index (χ3n) is 3.61. The molecular formula is C17H19BrClNO. The lowest BCUT2D eigenvalue weighted by Gasteiger charge is -2.19. The Hall–Kier alpha value is -1.03. The van der Waals surface area contributed by atoms with Crippen molar-refractivity contribution in [3.63, 3.8) is 0 Å². The summed E-state index contributed by atoms with van der Waals surface area (Å²) in [5.74, 6) is 0.871. The highest BCUT2D eigenvalue weighted by Gasteiger charge is 2.13. The zero-order valence-electron chi connectivity index (χ0n) is 12.4. The Morgan fingerprint density at radius 1 is 1.24 bits per heavy atom. The molecule has 0 aromatic heterocycles. The first-order valence-electron chi connectivity index (χ1n) is 6.81. The first-order chi connectivity index (χ1) is 10.0. The molecule has 2 nitrogen and oxygen atoms in total. The maximum atomic E-state index is 6.11. The van der Waals surface area contributed by atoms with Crippen molar-refractivity contribution in [1.29, 1.82) is 0 Å². The molecule has 1 N–H and O–H groups in total. The van der Waals surface area contributed by atoms with Gasteiger partial charge in [-0.3, -0.25) is 0 Å². The molecule has 2 rings (SSSR count). The molecule has 0 amide bonds. The minimum atomic E-state index is 0.226. The minimum Gasteiger partial charge on any atom is -0.497 e. The smallest absolute Gasteiger partial charge is 0.119 e. The van der Waals surface area contributed by atoms with Gasteiger partial charge in [-0.2, -0.15) is 0 Å². The second-order valence-corrected chi connectivity index (χ2v) is 6.27. The van der Waals surface area contributed by atoms with Gasteiger partial charge in [0.15, 0.2) is 0 Å². The van der Waals surface area contributed by atoms with Crippen molar-refractivity contribution in [3.8, 4) is 5.75 Å². The maximum absolute atomic E-state index is 6.11. The first-order valence-corrected chi connectivity index (χ1v) is 7.98. The van der Waals surface area contributed by atoms with Gasteiger partial charge in [0.05, 0.1) is 7.11 Å². The number of aryl methyl sites for hydroxylation is 1. The summed E-state index contributed by atoms with van der Waals surface area (Å²) in [5, 5.41) is 4.18. The van der Waals surface area contributed by atoms with Crippen LogP contribution in [0.5, 0.6) is 5.75 Å². The van der Waals surface area contributed by atoms with Gasteiger partial charge in [0.1, 0.15) is 5.75 Å². The summed E-state index contributed by atoms with van der Waals surface area (Å²) in [7, 11) is 3.66. The number of halogens is 2. The summed E-state index contributed by atoms with van der Waals surface area (Å²) in [6, 6.07) is 12.4. The van der Waals surface area contributed by atoms with E-state index in [1.54, 1.807) is 7.11 Å². The third kappa shape index (κ3) is 4.00. The quantitative estimate of drug-likeness (QED) is 0.808. The van der Waals surface area contributed by atoms with Crippen molar-refractivity contribution in [1.82, 2.24) is 5.32 Å². The standard InChI is InChI=1S/C17H19BrClNO/c1-11-8-12(4-7-16(11)19)17(20-2)10-13-9-14(21-3)5-6-15(13)18/h4-9,17,20H,10H2,1-3H3. The highest BCUT2D eigenvalue weighted by Crippen LogP contribution is 2.28. The number of rotatable bonds is 5. The summed E-state index contributed by atoms with van der Waals surface area (Å²) in [6.07, 6.45) is 0.870. The molecule has 0 fully saturated rings. The van der Waals surface area contributed by atoms with Crippen LogP contribution < -0.4 is 10.1 Å². The number of ether oxygens (including phenoxy) is 1. The van der Waals surface area contributed by atoms with E-state index in [2.05, 4.69) is 39.4 Å². The van der Waals surface area contributed by atoms with Gasteiger partial charge in [-0.15, -0.1) is 0 Å². The fraction of sp³-hybridized carbons (Fsp3) is 0.294. The van der Waals surface area contributed by atoms with E-state index >= 15 is 0 Å². The van der Waals surface area contributed by atoms with Gasteiger partial charge in [0.2, 0.25) is 0 Å². The van der Waals surface area contributed by atoms with E-state index in [1.807, 2.05) is 32.2 Å². The van der Waals surface area contributed by atoms with Crippen LogP contribution in [0.15, 0.2) is 40.9 Å². The van der Waals surface area contributed by atoms with Gasteiger partial charge < -0.3 is 10.1 Å². The Bertz CT molecular complexity index is 630. The molecule has 112 valence electrons. The van der Waals surface area contributed by atoms with Gasteiger partial charge >= 0.3 is 0 Å². The number of likely N-dealkylation sites (N-methyl/N-ethyl adjacent to an activating group) is 1. The molecule has 0 saturated carbocycles. The van der Waals surface area contributed by atoms with Crippen LogP contribution in [0.3, 0.4) is 0 Å². The lowest BCUT2D eigenvalue weighted by Crippen LogP contribution is -2.19. The van der Waals surface area contributed by atoms with Crippen molar-refractivity contribution in [2.75, 3.05) is 14.2 Å². The average Bonchev–Trinajstić information content (AvgIpc) is 2.49. The zero-order valence-corrected chi connectivity index (χ0v) is 14.8. The molecule has 1 unspecified atom stereocenters. The van der Waals surface area contributed by atoms with E-state index in [9.17, 15) is 0 Å². The summed E-state index contributed by atoms with van der Waals surface area (Å²) in [5.41, 5.74) is 3.54. The van der Waals surface area contributed by atoms with E-state index in [-0.39, 0.29) is 6.04 Å². The second-order valence-electron chi connectivity index (χ2n) is 5.01. The summed E-state index contributed by atoms with van der Waals surface area (Å²) < 4.78 is 6.40. The van der Waals surface area contributed by atoms with E-state index < -0.39 is 0 Å². The highest BCUT2D eigenvalue weighted by atomic mass is 79.9. The van der Waals surface area contributed by atoms with Crippen LogP contribution in [0.25, 0.3) is 0 Å². The van der Waals surface area contributed by atoms with Gasteiger partial charge in [-0.1, -0.05) is 39.7 Å². The molecule has 0 saturated heterocycles. The summed E-state index contributed by atoms with van der Waals surface area (Å²) >= 11 is 9.72. The highest BCUT2D eigenvalue weighted by molar-refractivity contribution is 9.10. The molecule has 0 bridgehead atoms. The Balaban J connectivity index is 2.28. The molecule has 4 heteroatoms. The van der Waals surface area contributed by atoms with Crippen molar-refractivity contribution in [3.05, 3.63) is 62.6 Å². The Morgan fingerprint density at radius 3 is 2.62 bits per heavy atom. The van der Waals surface area contributed by atoms with Crippen LogP contribution in [0.4, 0.5) is 0 Å². The van der Waals surface area contributed by atoms with Crippen molar-refractivity contribution >= 4 is 27.5 Å². The van der Waals surface area contributed by atoms with Crippen LogP contribution in [0.1, 0.15) is 22.7 Å². The molecule has 2 aromatic rings. The van der Waals surface area contributed by atoms with Crippen LogP contribution in [-0.2, 0) is 6.42 Å². The molecule has 0 aliphatic heterocycles. The van der Waals surface area contributed by atoms with Gasteiger partial charge in [-0.05, 0) is 61.3 Å². The van der Waals surface area contributed by atoms with Gasteiger partial charge in [0.25, 0.3) is 0 Å². The predicted octanol–water partition coefficient (Wildman–Crippen LogP) is 4.92. The Morgan fingerprint density at radius 2 is 2.00 bits per heavy atom. The SMILES string of the molecule is CNC(Cc1cc(OC)ccc1Br)c1ccc(Cl)c(C)c1. The zero-order chi connectivity index (χ0) is 15.4. The van der Waals surface area contributed by atoms with Gasteiger partial charge in [-0.25, -0.2) is 0 Å². The molecule has 0 spiro atoms. The number of hydrogen-bond donors (Lipinski definition) is 1. The van der Waals surface area contributed by atoms with E-state index in [0.717, 1.165) is 27.2 Å². The number of methoxy groups -OCH3 is 1. The largest absolute Gasteiger partial charge is 0.497 e. The van der Waals surface area contributed by atoms with Crippen LogP contribution in [0.2, 0.25) is 5.02 Å².